The zero-order valence-corrected chi connectivity index (χ0v) is 17.9. The van der Waals surface area contributed by atoms with Gasteiger partial charge in [0, 0.05) is 11.1 Å². The van der Waals surface area contributed by atoms with Crippen molar-refractivity contribution < 1.29 is 9.59 Å². The second-order valence-electron chi connectivity index (χ2n) is 7.45. The Hall–Kier alpha value is -3.31. The van der Waals surface area contributed by atoms with E-state index in [1.807, 2.05) is 43.3 Å². The molecule has 0 radical (unpaired) electrons. The first-order valence-corrected chi connectivity index (χ1v) is 10.6. The SMILES string of the molecule is Cc1cc2nc(NC(=O)[C@@H](C)c3cccc(C(=O)c4ccccc4)c3)sc2cc1C. The van der Waals surface area contributed by atoms with Crippen LogP contribution in [0.15, 0.2) is 66.7 Å². The zero-order valence-electron chi connectivity index (χ0n) is 17.1. The standard InChI is InChI=1S/C25H22N2O2S/c1-15-12-21-22(13-16(15)2)30-25(26-21)27-24(29)17(3)19-10-7-11-20(14-19)23(28)18-8-5-4-6-9-18/h4-14,17H,1-3H3,(H,26,27,29)/t17-/m0/s1. The van der Waals surface area contributed by atoms with Gasteiger partial charge in [0.2, 0.25) is 5.91 Å². The summed E-state index contributed by atoms with van der Waals surface area (Å²) >= 11 is 1.47. The predicted molar refractivity (Wildman–Crippen MR) is 122 cm³/mol. The molecule has 150 valence electrons. The number of rotatable bonds is 5. The van der Waals surface area contributed by atoms with Crippen molar-refractivity contribution in [1.29, 1.82) is 0 Å². The minimum Gasteiger partial charge on any atom is -0.301 e. The highest BCUT2D eigenvalue weighted by molar-refractivity contribution is 7.22. The van der Waals surface area contributed by atoms with E-state index < -0.39 is 5.92 Å². The van der Waals surface area contributed by atoms with E-state index in [1.54, 1.807) is 24.3 Å². The number of aryl methyl sites for hydroxylation is 2. The number of anilines is 1. The number of amides is 1. The highest BCUT2D eigenvalue weighted by Crippen LogP contribution is 2.29. The van der Waals surface area contributed by atoms with E-state index in [4.69, 9.17) is 0 Å². The van der Waals surface area contributed by atoms with Crippen LogP contribution in [0.4, 0.5) is 5.13 Å². The molecule has 0 fully saturated rings. The molecule has 1 aromatic heterocycles. The Bertz CT molecular complexity index is 1210. The Morgan fingerprint density at radius 2 is 1.60 bits per heavy atom. The Morgan fingerprint density at radius 3 is 2.37 bits per heavy atom. The van der Waals surface area contributed by atoms with Crippen molar-refractivity contribution in [3.63, 3.8) is 0 Å². The molecule has 5 heteroatoms. The molecular weight excluding hydrogens is 392 g/mol. The Balaban J connectivity index is 1.53. The number of aromatic nitrogens is 1. The molecule has 0 aliphatic heterocycles. The normalized spacial score (nSPS) is 12.0. The van der Waals surface area contributed by atoms with Gasteiger partial charge in [-0.3, -0.25) is 9.59 Å². The first kappa shape index (κ1) is 20.0. The van der Waals surface area contributed by atoms with Gasteiger partial charge in [-0.1, -0.05) is 59.9 Å². The molecule has 0 unspecified atom stereocenters. The smallest absolute Gasteiger partial charge is 0.233 e. The number of carbonyl (C=O) groups excluding carboxylic acids is 2. The second-order valence-corrected chi connectivity index (χ2v) is 8.49. The first-order chi connectivity index (χ1) is 14.4. The van der Waals surface area contributed by atoms with Crippen molar-refractivity contribution in [2.45, 2.75) is 26.7 Å². The third-order valence-electron chi connectivity index (χ3n) is 5.31. The fraction of sp³-hybridized carbons (Fsp3) is 0.160. The lowest BCUT2D eigenvalue weighted by Gasteiger charge is -2.12. The van der Waals surface area contributed by atoms with Crippen LogP contribution in [0, 0.1) is 13.8 Å². The van der Waals surface area contributed by atoms with Crippen molar-refractivity contribution in [1.82, 2.24) is 4.98 Å². The number of fused-ring (bicyclic) bond motifs is 1. The molecule has 4 aromatic rings. The summed E-state index contributed by atoms with van der Waals surface area (Å²) in [5, 5.41) is 3.52. The van der Waals surface area contributed by atoms with Crippen molar-refractivity contribution >= 4 is 38.4 Å². The van der Waals surface area contributed by atoms with Crippen LogP contribution < -0.4 is 5.32 Å². The lowest BCUT2D eigenvalue weighted by molar-refractivity contribution is -0.117. The summed E-state index contributed by atoms with van der Waals surface area (Å²) in [5.41, 5.74) is 5.27. The van der Waals surface area contributed by atoms with Crippen molar-refractivity contribution in [3.8, 4) is 0 Å². The van der Waals surface area contributed by atoms with Gasteiger partial charge in [0.05, 0.1) is 16.1 Å². The van der Waals surface area contributed by atoms with Gasteiger partial charge in [-0.15, -0.1) is 0 Å². The van der Waals surface area contributed by atoms with Gasteiger partial charge >= 0.3 is 0 Å². The molecule has 4 nitrogen and oxygen atoms in total. The molecule has 1 N–H and O–H groups in total. The molecule has 0 aliphatic rings. The topological polar surface area (TPSA) is 59.1 Å². The summed E-state index contributed by atoms with van der Waals surface area (Å²) in [4.78, 5) is 30.1. The molecule has 0 spiro atoms. The van der Waals surface area contributed by atoms with Gasteiger partial charge in [-0.05, 0) is 55.7 Å². The van der Waals surface area contributed by atoms with E-state index in [0.29, 0.717) is 16.3 Å². The molecule has 4 rings (SSSR count). The van der Waals surface area contributed by atoms with Crippen LogP contribution in [-0.2, 0) is 4.79 Å². The van der Waals surface area contributed by atoms with Crippen LogP contribution in [0.5, 0.6) is 0 Å². The van der Waals surface area contributed by atoms with Crippen LogP contribution in [0.2, 0.25) is 0 Å². The van der Waals surface area contributed by atoms with Gasteiger partial charge in [0.15, 0.2) is 10.9 Å². The van der Waals surface area contributed by atoms with Crippen molar-refractivity contribution in [3.05, 3.63) is 94.5 Å². The van der Waals surface area contributed by atoms with Gasteiger partial charge in [-0.2, -0.15) is 0 Å². The number of ketones is 1. The number of hydrogen-bond donors (Lipinski definition) is 1. The third-order valence-corrected chi connectivity index (χ3v) is 6.25. The van der Waals surface area contributed by atoms with Crippen molar-refractivity contribution in [2.75, 3.05) is 5.32 Å². The minimum atomic E-state index is -0.413. The van der Waals surface area contributed by atoms with Gasteiger partial charge in [0.1, 0.15) is 0 Å². The van der Waals surface area contributed by atoms with Crippen LogP contribution in [0.1, 0.15) is 45.5 Å². The lowest BCUT2D eigenvalue weighted by Crippen LogP contribution is -2.19. The van der Waals surface area contributed by atoms with Crippen molar-refractivity contribution in [2.24, 2.45) is 0 Å². The average molecular weight is 415 g/mol. The monoisotopic (exact) mass is 414 g/mol. The van der Waals surface area contributed by atoms with Gasteiger partial charge < -0.3 is 5.32 Å². The maximum absolute atomic E-state index is 12.8. The fourth-order valence-electron chi connectivity index (χ4n) is 3.30. The quantitative estimate of drug-likeness (QED) is 0.415. The van der Waals surface area contributed by atoms with E-state index in [0.717, 1.165) is 15.8 Å². The Kier molecular flexibility index (Phi) is 5.46. The minimum absolute atomic E-state index is 0.0537. The van der Waals surface area contributed by atoms with Gasteiger partial charge in [0.25, 0.3) is 0 Å². The second kappa shape index (κ2) is 8.20. The lowest BCUT2D eigenvalue weighted by atomic mass is 9.95. The maximum atomic E-state index is 12.8. The van der Waals surface area contributed by atoms with Gasteiger partial charge in [-0.25, -0.2) is 4.98 Å². The van der Waals surface area contributed by atoms with E-state index >= 15 is 0 Å². The molecule has 0 aliphatic carbocycles. The molecule has 0 bridgehead atoms. The number of benzene rings is 3. The number of hydrogen-bond acceptors (Lipinski definition) is 4. The number of thiazole rings is 1. The van der Waals surface area contributed by atoms with E-state index in [-0.39, 0.29) is 11.7 Å². The van der Waals surface area contributed by atoms with Crippen LogP contribution in [0.25, 0.3) is 10.2 Å². The highest BCUT2D eigenvalue weighted by Gasteiger charge is 2.19. The van der Waals surface area contributed by atoms with E-state index in [9.17, 15) is 9.59 Å². The number of nitrogens with zero attached hydrogens (tertiary/aromatic N) is 1. The molecule has 1 atom stereocenters. The summed E-state index contributed by atoms with van der Waals surface area (Å²) in [5.74, 6) is -0.613. The van der Waals surface area contributed by atoms with Crippen LogP contribution in [-0.4, -0.2) is 16.7 Å². The zero-order chi connectivity index (χ0) is 21.3. The molecule has 3 aromatic carbocycles. The summed E-state index contributed by atoms with van der Waals surface area (Å²) < 4.78 is 1.05. The molecule has 1 amide bonds. The largest absolute Gasteiger partial charge is 0.301 e. The molecule has 1 heterocycles. The highest BCUT2D eigenvalue weighted by atomic mass is 32.1. The first-order valence-electron chi connectivity index (χ1n) is 9.81. The number of carbonyl (C=O) groups is 2. The predicted octanol–water partition coefficient (Wildman–Crippen LogP) is 5.89. The van der Waals surface area contributed by atoms with Crippen LogP contribution >= 0.6 is 11.3 Å². The fourth-order valence-corrected chi connectivity index (χ4v) is 4.25. The number of nitrogens with one attached hydrogen (secondary N) is 1. The average Bonchev–Trinajstić information content (AvgIpc) is 3.14. The van der Waals surface area contributed by atoms with Crippen LogP contribution in [0.3, 0.4) is 0 Å². The summed E-state index contributed by atoms with van der Waals surface area (Å²) in [6, 6.07) is 20.6. The maximum Gasteiger partial charge on any atom is 0.233 e. The Labute approximate surface area is 179 Å². The molecule has 0 saturated carbocycles. The van der Waals surface area contributed by atoms with E-state index in [1.165, 1.54) is 22.5 Å². The van der Waals surface area contributed by atoms with E-state index in [2.05, 4.69) is 30.2 Å². The molecule has 30 heavy (non-hydrogen) atoms. The molecular formula is C25H22N2O2S. The molecule has 0 saturated heterocycles. The Morgan fingerprint density at radius 1 is 0.900 bits per heavy atom. The summed E-state index contributed by atoms with van der Waals surface area (Å²) in [6.07, 6.45) is 0. The summed E-state index contributed by atoms with van der Waals surface area (Å²) in [6.45, 7) is 5.96. The third kappa shape index (κ3) is 4.02. The summed E-state index contributed by atoms with van der Waals surface area (Å²) in [7, 11) is 0.